The lowest BCUT2D eigenvalue weighted by molar-refractivity contribution is -0.144. The number of benzene rings is 1. The van der Waals surface area contributed by atoms with Gasteiger partial charge in [-0.05, 0) is 120 Å². The van der Waals surface area contributed by atoms with Crippen molar-refractivity contribution in [2.24, 2.45) is 22.7 Å². The minimum atomic E-state index is -0.836. The van der Waals surface area contributed by atoms with Crippen LogP contribution >= 0.6 is 0 Å². The number of hydrogen-bond acceptors (Lipinski definition) is 11. The van der Waals surface area contributed by atoms with Crippen molar-refractivity contribution in [1.29, 1.82) is 0 Å². The minimum absolute atomic E-state index is 0.0560. The van der Waals surface area contributed by atoms with Crippen molar-refractivity contribution < 1.29 is 33.6 Å². The van der Waals surface area contributed by atoms with E-state index in [1.807, 2.05) is 46.4 Å². The third kappa shape index (κ3) is 15.8. The Labute approximate surface area is 429 Å². The SMILES string of the molecule is CN[C@@H](C)C(=O)N[C@H](C(=O)N1CCCC1CN[C@H](CNC(=O)c1cc(N)cc(C(=O)NC[C@@H](NC(=O)C2CCCN2C(=O)[C@@H](NC(=O)[C@H](C)NC)C(C)(C)C)C2CCCCC2)c1)C1CCCCC1)C(C)(C)C. The number of rotatable bonds is 21. The predicted octanol–water partition coefficient (Wildman–Crippen LogP) is 3.59. The number of nitrogens with zero attached hydrogens (tertiary/aromatic N) is 2. The van der Waals surface area contributed by atoms with Gasteiger partial charge in [-0.1, -0.05) is 80.1 Å². The summed E-state index contributed by atoms with van der Waals surface area (Å²) in [7, 11) is 3.40. The number of amides is 7. The molecule has 2 unspecified atom stereocenters. The van der Waals surface area contributed by atoms with Crippen LogP contribution in [0.1, 0.15) is 166 Å². The van der Waals surface area contributed by atoms with Crippen molar-refractivity contribution in [3.8, 4) is 0 Å². The van der Waals surface area contributed by atoms with Crippen molar-refractivity contribution in [3.63, 3.8) is 0 Å². The molecule has 2 saturated carbocycles. The van der Waals surface area contributed by atoms with Crippen LogP contribution in [0.5, 0.6) is 0 Å². The summed E-state index contributed by atoms with van der Waals surface area (Å²) in [5.74, 6) is -1.51. The summed E-state index contributed by atoms with van der Waals surface area (Å²) in [5, 5.41) is 25.0. The molecule has 2 saturated heterocycles. The molecule has 4 fully saturated rings. The lowest BCUT2D eigenvalue weighted by Gasteiger charge is -2.37. The summed E-state index contributed by atoms with van der Waals surface area (Å²) < 4.78 is 0. The number of nitrogen functional groups attached to an aromatic ring is 1. The fraction of sp³-hybridized carbons (Fsp3) is 0.759. The van der Waals surface area contributed by atoms with E-state index in [1.165, 1.54) is 6.42 Å². The van der Waals surface area contributed by atoms with Gasteiger partial charge in [0, 0.05) is 67.7 Å². The lowest BCUT2D eigenvalue weighted by atomic mass is 9.83. The molecule has 2 heterocycles. The molecule has 7 amide bonds. The molecule has 0 radical (unpaired) electrons. The van der Waals surface area contributed by atoms with Crippen LogP contribution in [0.4, 0.5) is 5.69 Å². The van der Waals surface area contributed by atoms with Crippen LogP contribution in [-0.2, 0) is 24.0 Å². The van der Waals surface area contributed by atoms with Gasteiger partial charge >= 0.3 is 0 Å². The van der Waals surface area contributed by atoms with Gasteiger partial charge < -0.3 is 58.1 Å². The van der Waals surface area contributed by atoms with Gasteiger partial charge in [-0.3, -0.25) is 33.6 Å². The fourth-order valence-corrected chi connectivity index (χ4v) is 11.0. The Morgan fingerprint density at radius 1 is 0.583 bits per heavy atom. The number of nitrogens with one attached hydrogen (secondary N) is 8. The zero-order chi connectivity index (χ0) is 52.9. The first-order chi connectivity index (χ1) is 34.0. The maximum atomic E-state index is 14.2. The molecular weight excluding hydrogens is 915 g/mol. The Hall–Kier alpha value is -4.81. The second-order valence-electron chi connectivity index (χ2n) is 23.3. The van der Waals surface area contributed by atoms with Gasteiger partial charge in [0.1, 0.15) is 18.1 Å². The average molecular weight is 1010 g/mol. The highest BCUT2D eigenvalue weighted by Gasteiger charge is 2.44. The van der Waals surface area contributed by atoms with E-state index >= 15 is 0 Å². The summed E-state index contributed by atoms with van der Waals surface area (Å²) in [6, 6.07) is 0.957. The van der Waals surface area contributed by atoms with E-state index in [0.717, 1.165) is 70.6 Å². The molecule has 0 spiro atoms. The largest absolute Gasteiger partial charge is 0.399 e. The maximum absolute atomic E-state index is 14.2. The van der Waals surface area contributed by atoms with Crippen LogP contribution < -0.4 is 48.3 Å². The molecule has 10 N–H and O–H groups in total. The van der Waals surface area contributed by atoms with Crippen molar-refractivity contribution in [1.82, 2.24) is 52.3 Å². The lowest BCUT2D eigenvalue weighted by Crippen LogP contribution is -2.60. The zero-order valence-electron chi connectivity index (χ0n) is 45.3. The topological polar surface area (TPSA) is 248 Å². The van der Waals surface area contributed by atoms with Crippen molar-refractivity contribution in [3.05, 3.63) is 29.3 Å². The normalized spacial score (nSPS) is 21.7. The molecule has 404 valence electrons. The molecule has 4 aliphatic rings. The molecule has 0 bridgehead atoms. The van der Waals surface area contributed by atoms with Crippen LogP contribution in [0.3, 0.4) is 0 Å². The van der Waals surface area contributed by atoms with Gasteiger partial charge in [0.05, 0.1) is 12.1 Å². The van der Waals surface area contributed by atoms with E-state index in [9.17, 15) is 33.6 Å². The molecule has 72 heavy (non-hydrogen) atoms. The molecule has 0 aromatic heterocycles. The Morgan fingerprint density at radius 3 is 1.51 bits per heavy atom. The molecule has 8 atom stereocenters. The van der Waals surface area contributed by atoms with E-state index in [2.05, 4.69) is 42.5 Å². The molecule has 2 aliphatic carbocycles. The second kappa shape index (κ2) is 26.4. The number of carbonyl (C=O) groups excluding carboxylic acids is 7. The molecule has 18 heteroatoms. The fourth-order valence-electron chi connectivity index (χ4n) is 11.0. The van der Waals surface area contributed by atoms with Gasteiger partial charge in [0.15, 0.2) is 0 Å². The summed E-state index contributed by atoms with van der Waals surface area (Å²) in [6.07, 6.45) is 13.2. The maximum Gasteiger partial charge on any atom is 0.251 e. The molecule has 1 aromatic rings. The molecule has 18 nitrogen and oxygen atoms in total. The van der Waals surface area contributed by atoms with E-state index < -0.39 is 53.0 Å². The number of likely N-dealkylation sites (N-methyl/N-ethyl adjacent to an activating group) is 2. The second-order valence-corrected chi connectivity index (χ2v) is 23.3. The van der Waals surface area contributed by atoms with Crippen LogP contribution in [0, 0.1) is 22.7 Å². The van der Waals surface area contributed by atoms with E-state index in [4.69, 9.17) is 5.73 Å². The van der Waals surface area contributed by atoms with Gasteiger partial charge in [-0.25, -0.2) is 0 Å². The van der Waals surface area contributed by atoms with Crippen molar-refractivity contribution in [2.45, 2.75) is 194 Å². The number of anilines is 1. The Kier molecular flexibility index (Phi) is 21.3. The number of nitrogens with two attached hydrogens (primary N) is 1. The average Bonchev–Trinajstić information content (AvgIpc) is 4.05. The van der Waals surface area contributed by atoms with Crippen LogP contribution in [0.15, 0.2) is 18.2 Å². The van der Waals surface area contributed by atoms with Gasteiger partial charge in [-0.2, -0.15) is 0 Å². The van der Waals surface area contributed by atoms with Crippen molar-refractivity contribution >= 4 is 47.0 Å². The zero-order valence-corrected chi connectivity index (χ0v) is 45.3. The molecule has 5 rings (SSSR count). The molecule has 1 aromatic carbocycles. The van der Waals surface area contributed by atoms with Crippen LogP contribution in [0.25, 0.3) is 0 Å². The highest BCUT2D eigenvalue weighted by atomic mass is 16.2. The van der Waals surface area contributed by atoms with Crippen LogP contribution in [-0.4, -0.2) is 146 Å². The monoisotopic (exact) mass is 1010 g/mol. The van der Waals surface area contributed by atoms with Gasteiger partial charge in [0.2, 0.25) is 29.5 Å². The minimum Gasteiger partial charge on any atom is -0.399 e. The van der Waals surface area contributed by atoms with E-state index in [0.29, 0.717) is 44.9 Å². The highest BCUT2D eigenvalue weighted by molar-refractivity contribution is 6.01. The number of carbonyl (C=O) groups is 7. The first-order valence-electron chi connectivity index (χ1n) is 27.1. The smallest absolute Gasteiger partial charge is 0.251 e. The Balaban J connectivity index is 1.23. The van der Waals surface area contributed by atoms with E-state index in [1.54, 1.807) is 51.0 Å². The standard InChI is InChI=1S/C54H91N11O7/c1-33(56-9)46(66)62-44(53(3,4)5)51(71)64-25-17-23-40(64)30-58-41(35-19-13-11-14-20-35)31-59-48(68)37-27-38(29-39(55)28-37)49(69)60-32-42(36-21-15-12-16-22-36)61-50(70)43-24-18-26-65(43)52(72)45(54(6,7)8)63-47(67)34(2)57-10/h27-29,33-36,40-45,56-58H,11-26,30-32,55H2,1-10H3,(H,59,68)(H,60,69)(H,61,70)(H,62,66)(H,63,67)/t33-,34-,40?,41+,42+,43?,44+,45+/m0/s1. The first-order valence-corrected chi connectivity index (χ1v) is 27.1. The Morgan fingerprint density at radius 2 is 1.03 bits per heavy atom. The van der Waals surface area contributed by atoms with E-state index in [-0.39, 0.29) is 76.8 Å². The predicted molar refractivity (Wildman–Crippen MR) is 282 cm³/mol. The third-order valence-corrected chi connectivity index (χ3v) is 15.8. The van der Waals surface area contributed by atoms with Gasteiger partial charge in [0.25, 0.3) is 11.8 Å². The molecular formula is C54H91N11O7. The number of hydrogen-bond donors (Lipinski definition) is 9. The summed E-state index contributed by atoms with van der Waals surface area (Å²) in [6.45, 7) is 17.1. The third-order valence-electron chi connectivity index (χ3n) is 15.8. The summed E-state index contributed by atoms with van der Waals surface area (Å²) >= 11 is 0. The van der Waals surface area contributed by atoms with Crippen LogP contribution in [0.2, 0.25) is 0 Å². The Bertz CT molecular complexity index is 2030. The highest BCUT2D eigenvalue weighted by Crippen LogP contribution is 2.31. The van der Waals surface area contributed by atoms with Gasteiger partial charge in [-0.15, -0.1) is 0 Å². The number of likely N-dealkylation sites (tertiary alicyclic amines) is 2. The van der Waals surface area contributed by atoms with Crippen molar-refractivity contribution in [2.75, 3.05) is 52.6 Å². The molecule has 2 aliphatic heterocycles. The quantitative estimate of drug-likeness (QED) is 0.0806. The summed E-state index contributed by atoms with van der Waals surface area (Å²) in [4.78, 5) is 99.8. The first kappa shape index (κ1) is 58.1. The summed E-state index contributed by atoms with van der Waals surface area (Å²) in [5.41, 5.74) is 5.99.